The first-order valence-corrected chi connectivity index (χ1v) is 6.78. The van der Waals surface area contributed by atoms with Crippen LogP contribution in [-0.4, -0.2) is 17.9 Å². The van der Waals surface area contributed by atoms with Crippen molar-refractivity contribution in [1.82, 2.24) is 4.68 Å². The first kappa shape index (κ1) is 12.3. The molecule has 0 spiro atoms. The summed E-state index contributed by atoms with van der Waals surface area (Å²) >= 11 is 5.08. The Hall–Kier alpha value is -1.20. The smallest absolute Gasteiger partial charge is 0.205 e. The zero-order chi connectivity index (χ0) is 12.3. The largest absolute Gasteiger partial charge is 0.261 e. The number of aromatic nitrogens is 1. The third-order valence-electron chi connectivity index (χ3n) is 2.26. The number of benzene rings is 1. The van der Waals surface area contributed by atoms with Crippen molar-refractivity contribution in [2.75, 3.05) is 7.05 Å². The monoisotopic (exact) mass is 309 g/mol. The van der Waals surface area contributed by atoms with Crippen molar-refractivity contribution in [2.24, 2.45) is 10.1 Å². The summed E-state index contributed by atoms with van der Waals surface area (Å²) in [7, 11) is 1.77. The molecule has 1 aromatic carbocycles. The van der Waals surface area contributed by atoms with Crippen LogP contribution in [0.1, 0.15) is 11.3 Å². The van der Waals surface area contributed by atoms with Gasteiger partial charge in [0.15, 0.2) is 0 Å². The minimum atomic E-state index is 0.894. The fraction of sp³-hybridized carbons (Fsp3) is 0.167. The molecule has 5 heteroatoms. The third-order valence-corrected chi connectivity index (χ3v) is 4.01. The van der Waals surface area contributed by atoms with Gasteiger partial charge in [-0.2, -0.15) is 5.10 Å². The predicted octanol–water partition coefficient (Wildman–Crippen LogP) is 3.03. The number of thiazole rings is 1. The van der Waals surface area contributed by atoms with E-state index in [2.05, 4.69) is 26.0 Å². The SMILES string of the molecule is CN=c1scc(C)n1N=Cc1ccccc1Br. The standard InChI is InChI=1S/C12H12BrN3S/c1-9-8-17-12(14-2)16(9)15-7-10-5-3-4-6-11(10)13/h3-8H,1-2H3. The van der Waals surface area contributed by atoms with Crippen molar-refractivity contribution in [3.63, 3.8) is 0 Å². The van der Waals surface area contributed by atoms with Gasteiger partial charge < -0.3 is 0 Å². The van der Waals surface area contributed by atoms with Gasteiger partial charge >= 0.3 is 0 Å². The number of halogens is 1. The van der Waals surface area contributed by atoms with Gasteiger partial charge in [-0.15, -0.1) is 11.3 Å². The normalized spacial score (nSPS) is 12.5. The highest BCUT2D eigenvalue weighted by molar-refractivity contribution is 9.10. The fourth-order valence-corrected chi connectivity index (χ4v) is 2.54. The number of nitrogens with zero attached hydrogens (tertiary/aromatic N) is 3. The van der Waals surface area contributed by atoms with Crippen molar-refractivity contribution in [3.05, 3.63) is 50.2 Å². The van der Waals surface area contributed by atoms with E-state index in [4.69, 9.17) is 0 Å². The van der Waals surface area contributed by atoms with E-state index in [1.165, 1.54) is 0 Å². The van der Waals surface area contributed by atoms with Crippen molar-refractivity contribution < 1.29 is 0 Å². The molecule has 0 amide bonds. The molecule has 0 aliphatic carbocycles. The minimum absolute atomic E-state index is 0.894. The molecule has 2 rings (SSSR count). The van der Waals surface area contributed by atoms with Gasteiger partial charge in [0.1, 0.15) is 0 Å². The summed E-state index contributed by atoms with van der Waals surface area (Å²) < 4.78 is 2.87. The minimum Gasteiger partial charge on any atom is -0.261 e. The van der Waals surface area contributed by atoms with Crippen LogP contribution in [-0.2, 0) is 0 Å². The molecule has 0 fully saturated rings. The van der Waals surface area contributed by atoms with Crippen LogP contribution in [0, 0.1) is 6.92 Å². The summed E-state index contributed by atoms with van der Waals surface area (Å²) in [4.78, 5) is 5.08. The van der Waals surface area contributed by atoms with Gasteiger partial charge in [-0.1, -0.05) is 34.1 Å². The Kier molecular flexibility index (Phi) is 3.91. The summed E-state index contributed by atoms with van der Waals surface area (Å²) in [5.41, 5.74) is 2.13. The number of rotatable bonds is 2. The molecule has 0 bridgehead atoms. The zero-order valence-electron chi connectivity index (χ0n) is 9.59. The van der Waals surface area contributed by atoms with E-state index in [-0.39, 0.29) is 0 Å². The van der Waals surface area contributed by atoms with E-state index in [0.29, 0.717) is 0 Å². The number of hydrogen-bond donors (Lipinski definition) is 0. The van der Waals surface area contributed by atoms with Crippen LogP contribution in [0.3, 0.4) is 0 Å². The van der Waals surface area contributed by atoms with E-state index in [0.717, 1.165) is 20.5 Å². The Morgan fingerprint density at radius 3 is 2.82 bits per heavy atom. The number of aryl methyl sites for hydroxylation is 1. The van der Waals surface area contributed by atoms with Crippen LogP contribution in [0.25, 0.3) is 0 Å². The second kappa shape index (κ2) is 5.42. The van der Waals surface area contributed by atoms with Crippen LogP contribution >= 0.6 is 27.3 Å². The second-order valence-corrected chi connectivity index (χ2v) is 5.15. The van der Waals surface area contributed by atoms with Crippen LogP contribution in [0.4, 0.5) is 0 Å². The molecule has 3 nitrogen and oxygen atoms in total. The topological polar surface area (TPSA) is 29.6 Å². The van der Waals surface area contributed by atoms with E-state index in [1.807, 2.05) is 47.5 Å². The van der Waals surface area contributed by atoms with Gasteiger partial charge in [0, 0.05) is 22.5 Å². The molecule has 0 saturated carbocycles. The van der Waals surface area contributed by atoms with Crippen LogP contribution in [0.15, 0.2) is 44.2 Å². The summed E-state index contributed by atoms with van der Waals surface area (Å²) in [6.45, 7) is 2.02. The van der Waals surface area contributed by atoms with Crippen LogP contribution < -0.4 is 4.80 Å². The Bertz CT molecular complexity index is 610. The molecule has 0 radical (unpaired) electrons. The lowest BCUT2D eigenvalue weighted by molar-refractivity contribution is 0.805. The van der Waals surface area contributed by atoms with Crippen LogP contribution in [0.5, 0.6) is 0 Å². The van der Waals surface area contributed by atoms with Gasteiger partial charge in [-0.25, -0.2) is 4.68 Å². The van der Waals surface area contributed by atoms with Crippen molar-refractivity contribution in [3.8, 4) is 0 Å². The lowest BCUT2D eigenvalue weighted by Crippen LogP contribution is -2.11. The van der Waals surface area contributed by atoms with Crippen molar-refractivity contribution >= 4 is 33.5 Å². The van der Waals surface area contributed by atoms with Gasteiger partial charge in [-0.05, 0) is 13.0 Å². The molecular formula is C12H12BrN3S. The quantitative estimate of drug-likeness (QED) is 0.763. The zero-order valence-corrected chi connectivity index (χ0v) is 12.0. The fourth-order valence-electron chi connectivity index (χ4n) is 1.38. The molecule has 0 unspecified atom stereocenters. The average Bonchev–Trinajstić information content (AvgIpc) is 2.69. The molecule has 1 aromatic heterocycles. The van der Waals surface area contributed by atoms with Crippen molar-refractivity contribution in [2.45, 2.75) is 6.92 Å². The Balaban J connectivity index is 2.39. The maximum absolute atomic E-state index is 4.45. The molecule has 88 valence electrons. The number of hydrogen-bond acceptors (Lipinski definition) is 3. The lowest BCUT2D eigenvalue weighted by atomic mass is 10.2. The maximum Gasteiger partial charge on any atom is 0.205 e. The predicted molar refractivity (Wildman–Crippen MR) is 75.7 cm³/mol. The molecule has 0 N–H and O–H groups in total. The molecule has 17 heavy (non-hydrogen) atoms. The highest BCUT2D eigenvalue weighted by Crippen LogP contribution is 2.13. The van der Waals surface area contributed by atoms with Gasteiger partial charge in [0.25, 0.3) is 0 Å². The summed E-state index contributed by atoms with van der Waals surface area (Å²) in [5.74, 6) is 0. The summed E-state index contributed by atoms with van der Waals surface area (Å²) in [5, 5.41) is 6.49. The molecule has 0 aliphatic rings. The maximum atomic E-state index is 4.45. The van der Waals surface area contributed by atoms with Gasteiger partial charge in [0.05, 0.1) is 11.9 Å². The highest BCUT2D eigenvalue weighted by Gasteiger charge is 1.98. The molecule has 0 saturated heterocycles. The summed E-state index contributed by atoms with van der Waals surface area (Å²) in [6.07, 6.45) is 1.83. The van der Waals surface area contributed by atoms with Gasteiger partial charge in [0.2, 0.25) is 4.80 Å². The molecule has 0 atom stereocenters. The second-order valence-electron chi connectivity index (χ2n) is 3.46. The molecule has 0 aliphatic heterocycles. The Labute approximate surface area is 112 Å². The first-order valence-electron chi connectivity index (χ1n) is 5.11. The molecular weight excluding hydrogens is 298 g/mol. The molecule has 2 aromatic rings. The third kappa shape index (κ3) is 2.73. The Morgan fingerprint density at radius 2 is 2.12 bits per heavy atom. The Morgan fingerprint density at radius 1 is 1.35 bits per heavy atom. The first-order chi connectivity index (χ1) is 8.22. The lowest BCUT2D eigenvalue weighted by Gasteiger charge is -1.98. The van der Waals surface area contributed by atoms with Gasteiger partial charge in [-0.3, -0.25) is 4.99 Å². The van der Waals surface area contributed by atoms with Crippen LogP contribution in [0.2, 0.25) is 0 Å². The highest BCUT2D eigenvalue weighted by atomic mass is 79.9. The summed E-state index contributed by atoms with van der Waals surface area (Å²) in [6, 6.07) is 7.98. The van der Waals surface area contributed by atoms with E-state index in [9.17, 15) is 0 Å². The van der Waals surface area contributed by atoms with E-state index in [1.54, 1.807) is 18.4 Å². The van der Waals surface area contributed by atoms with E-state index >= 15 is 0 Å². The molecule has 1 heterocycles. The van der Waals surface area contributed by atoms with E-state index < -0.39 is 0 Å². The average molecular weight is 310 g/mol. The van der Waals surface area contributed by atoms with Crippen molar-refractivity contribution in [1.29, 1.82) is 0 Å².